The predicted octanol–water partition coefficient (Wildman–Crippen LogP) is 4.17. The van der Waals surface area contributed by atoms with Crippen LogP contribution < -0.4 is 20.8 Å². The molecule has 2 aromatic rings. The standard InChI is InChI=1S/C50H68N6O11/c1-28(2)27-55-20-16-50(17-21-55)52-41-38-39-44(61)32(6)46-40(38)47(63)49(7,67-46)65-24-10-9-15-35(66-37(60)26-36(59)56-19-12-18-54(8)22-23-56)31(5)34(58)25-33(57)29(3)13-11-14-30(4)48(64)51-43(45(39)62)42(41)53-50/h10-11,13-14,24,28-29,31,33-35,52,57-58,61-62H,9,12,15-23,25-27H2,1-8H3/b13-11+,24-10+,30-14-,51-43?/t29?,31-,33-,34?,35-,49+/m1/s1. The van der Waals surface area contributed by atoms with E-state index in [-0.39, 0.29) is 74.9 Å². The van der Waals surface area contributed by atoms with Crippen molar-refractivity contribution in [3.8, 4) is 17.2 Å². The molecule has 8 rings (SSSR count). The molecule has 2 amide bonds. The van der Waals surface area contributed by atoms with Crippen LogP contribution in [-0.2, 0) is 23.9 Å². The van der Waals surface area contributed by atoms with Gasteiger partial charge in [-0.2, -0.15) is 0 Å². The Bertz CT molecular complexity index is 2490. The van der Waals surface area contributed by atoms with Gasteiger partial charge < -0.3 is 54.7 Å². The Balaban J connectivity index is 1.25. The van der Waals surface area contributed by atoms with E-state index in [9.17, 15) is 39.6 Å². The molecule has 17 nitrogen and oxygen atoms in total. The van der Waals surface area contributed by atoms with Crippen LogP contribution in [0.2, 0.25) is 0 Å². The molecule has 67 heavy (non-hydrogen) atoms. The summed E-state index contributed by atoms with van der Waals surface area (Å²) in [7, 11) is 1.99. The third kappa shape index (κ3) is 10.4. The first-order valence-electron chi connectivity index (χ1n) is 23.7. The third-order valence-corrected chi connectivity index (χ3v) is 14.0. The number of esters is 1. The van der Waals surface area contributed by atoms with Crippen molar-refractivity contribution in [2.75, 3.05) is 58.2 Å². The Morgan fingerprint density at radius 1 is 0.985 bits per heavy atom. The van der Waals surface area contributed by atoms with Crippen LogP contribution in [0, 0.1) is 24.7 Å². The predicted molar refractivity (Wildman–Crippen MR) is 250 cm³/mol. The average molecular weight is 929 g/mol. The Labute approximate surface area is 391 Å². The highest BCUT2D eigenvalue weighted by Crippen LogP contribution is 2.51. The highest BCUT2D eigenvalue weighted by Gasteiger charge is 2.50. The van der Waals surface area contributed by atoms with E-state index in [4.69, 9.17) is 19.2 Å². The van der Waals surface area contributed by atoms with E-state index in [1.807, 2.05) is 7.05 Å². The highest BCUT2D eigenvalue weighted by atomic mass is 16.7. The molecule has 0 radical (unpaired) electrons. The number of anilines is 1. The lowest BCUT2D eigenvalue weighted by molar-refractivity contribution is -0.158. The number of carbonyl (C=O) groups is 4. The molecule has 0 saturated carbocycles. The number of ketones is 1. The van der Waals surface area contributed by atoms with E-state index in [0.29, 0.717) is 44.1 Å². The minimum atomic E-state index is -1.92. The van der Waals surface area contributed by atoms with Crippen molar-refractivity contribution in [2.45, 2.75) is 123 Å². The second-order valence-corrected chi connectivity index (χ2v) is 19.7. The van der Waals surface area contributed by atoms with Crippen LogP contribution in [0.1, 0.15) is 102 Å². The second kappa shape index (κ2) is 20.1. The summed E-state index contributed by atoms with van der Waals surface area (Å²) in [5, 5.41) is 50.3. The van der Waals surface area contributed by atoms with Gasteiger partial charge >= 0.3 is 11.8 Å². The number of likely N-dealkylation sites (tertiary alicyclic amines) is 1. The number of phenolic OH excluding ortho intramolecular Hbond substituents is 2. The van der Waals surface area contributed by atoms with E-state index in [1.165, 1.54) is 19.3 Å². The molecule has 2 aromatic carbocycles. The summed E-state index contributed by atoms with van der Waals surface area (Å²) in [6.45, 7) is 17.3. The van der Waals surface area contributed by atoms with E-state index in [0.717, 1.165) is 32.6 Å². The summed E-state index contributed by atoms with van der Waals surface area (Å²) in [5.74, 6) is -5.78. The molecular formula is C50H68N6O11. The zero-order valence-corrected chi connectivity index (χ0v) is 40.1. The van der Waals surface area contributed by atoms with Crippen molar-refractivity contribution in [3.05, 3.63) is 58.0 Å². The molecular weight excluding hydrogens is 861 g/mol. The van der Waals surface area contributed by atoms with E-state index in [1.54, 1.807) is 50.8 Å². The van der Waals surface area contributed by atoms with E-state index < -0.39 is 71.4 Å². The number of aromatic hydroxyl groups is 2. The summed E-state index contributed by atoms with van der Waals surface area (Å²) >= 11 is 0. The number of Topliss-reactive ketones (excluding diaryl/α,β-unsaturated/α-hetero) is 1. The summed E-state index contributed by atoms with van der Waals surface area (Å²) in [6, 6.07) is 0. The second-order valence-electron chi connectivity index (χ2n) is 19.7. The quantitative estimate of drug-likeness (QED) is 0.161. The number of fused-ring (bicyclic) bond motifs is 13. The van der Waals surface area contributed by atoms with Crippen molar-refractivity contribution in [3.63, 3.8) is 0 Å². The zero-order valence-electron chi connectivity index (χ0n) is 40.1. The first-order chi connectivity index (χ1) is 31.7. The molecule has 6 atom stereocenters. The molecule has 364 valence electrons. The van der Waals surface area contributed by atoms with Crippen LogP contribution in [0.5, 0.6) is 17.2 Å². The van der Waals surface area contributed by atoms with Crippen LogP contribution in [-0.4, -0.2) is 141 Å². The van der Waals surface area contributed by atoms with Crippen molar-refractivity contribution < 1.29 is 53.8 Å². The van der Waals surface area contributed by atoms with Crippen molar-refractivity contribution in [1.82, 2.24) is 14.7 Å². The smallest absolute Gasteiger partial charge is 0.315 e. The molecule has 5 N–H and O–H groups in total. The highest BCUT2D eigenvalue weighted by molar-refractivity contribution is 6.21. The number of ether oxygens (including phenoxy) is 3. The minimum Gasteiger partial charge on any atom is -0.507 e. The Morgan fingerprint density at radius 3 is 2.43 bits per heavy atom. The number of aliphatic hydroxyl groups is 2. The lowest BCUT2D eigenvalue weighted by atomic mass is 9.88. The van der Waals surface area contributed by atoms with Gasteiger partial charge in [-0.05, 0) is 58.7 Å². The van der Waals surface area contributed by atoms with Gasteiger partial charge in [0.1, 0.15) is 40.4 Å². The Hall–Kier alpha value is -5.36. The average Bonchev–Trinajstić information content (AvgIpc) is 3.67. The van der Waals surface area contributed by atoms with E-state index in [2.05, 4.69) is 34.0 Å². The number of likely N-dealkylation sites (N-methyl/N-ethyl adjacent to an activating group) is 1. The first-order valence-corrected chi connectivity index (χ1v) is 23.7. The van der Waals surface area contributed by atoms with Crippen LogP contribution in [0.25, 0.3) is 10.8 Å². The summed E-state index contributed by atoms with van der Waals surface area (Å²) < 4.78 is 18.3. The van der Waals surface area contributed by atoms with Crippen molar-refractivity contribution in [1.29, 1.82) is 0 Å². The van der Waals surface area contributed by atoms with Gasteiger partial charge in [0.05, 0.1) is 35.1 Å². The maximum absolute atomic E-state index is 14.7. The van der Waals surface area contributed by atoms with Gasteiger partial charge in [0, 0.05) is 93.8 Å². The van der Waals surface area contributed by atoms with Crippen LogP contribution in [0.15, 0.2) is 46.1 Å². The maximum Gasteiger partial charge on any atom is 0.315 e. The molecule has 5 bridgehead atoms. The number of allylic oxidation sites excluding steroid dienone is 3. The molecule has 6 heterocycles. The number of nitrogens with zero attached hydrogens (tertiary/aromatic N) is 5. The van der Waals surface area contributed by atoms with E-state index >= 15 is 0 Å². The monoisotopic (exact) mass is 928 g/mol. The number of amides is 2. The molecule has 2 saturated heterocycles. The number of benzene rings is 2. The normalized spacial score (nSPS) is 29.3. The number of phenols is 2. The Morgan fingerprint density at radius 2 is 1.72 bits per heavy atom. The van der Waals surface area contributed by atoms with Crippen LogP contribution >= 0.6 is 0 Å². The summed E-state index contributed by atoms with van der Waals surface area (Å²) in [4.78, 5) is 70.9. The molecule has 1 spiro atoms. The van der Waals surface area contributed by atoms with Crippen LogP contribution in [0.4, 0.5) is 5.69 Å². The fourth-order valence-corrected chi connectivity index (χ4v) is 9.71. The van der Waals surface area contributed by atoms with Gasteiger partial charge in [0.2, 0.25) is 5.91 Å². The number of carbonyl (C=O) groups excluding carboxylic acids is 4. The first kappa shape index (κ1) is 49.5. The zero-order chi connectivity index (χ0) is 48.5. The number of rotatable bonds is 5. The minimum absolute atomic E-state index is 0.0612. The van der Waals surface area contributed by atoms with Gasteiger partial charge in [-0.25, -0.2) is 4.99 Å². The molecule has 17 heteroatoms. The Kier molecular flexibility index (Phi) is 14.8. The van der Waals surface area contributed by atoms with Gasteiger partial charge in [-0.1, -0.05) is 45.9 Å². The molecule has 6 aliphatic heterocycles. The number of nitrogens with one attached hydrogen (secondary N) is 1. The number of hydrogen-bond donors (Lipinski definition) is 5. The van der Waals surface area contributed by atoms with Crippen molar-refractivity contribution in [2.24, 2.45) is 27.7 Å². The van der Waals surface area contributed by atoms with Gasteiger partial charge in [-0.3, -0.25) is 24.2 Å². The van der Waals surface area contributed by atoms with Gasteiger partial charge in [-0.15, -0.1) is 0 Å². The third-order valence-electron chi connectivity index (χ3n) is 14.0. The van der Waals surface area contributed by atoms with Gasteiger partial charge in [0.15, 0.2) is 5.75 Å². The molecule has 6 aliphatic rings. The largest absolute Gasteiger partial charge is 0.507 e. The number of hydrogen-bond acceptors (Lipinski definition) is 15. The topological polar surface area (TPSA) is 223 Å². The van der Waals surface area contributed by atoms with Crippen molar-refractivity contribution >= 4 is 40.0 Å². The fourth-order valence-electron chi connectivity index (χ4n) is 9.71. The van der Waals surface area contributed by atoms with Gasteiger partial charge in [0.25, 0.3) is 11.7 Å². The summed E-state index contributed by atoms with van der Waals surface area (Å²) in [5.41, 5.74) is -0.106. The maximum atomic E-state index is 14.7. The lowest BCUT2D eigenvalue weighted by Gasteiger charge is -2.38. The number of aliphatic hydroxyl groups excluding tert-OH is 2. The molecule has 0 aliphatic carbocycles. The fraction of sp³-hybridized carbons (Fsp3) is 0.600. The van der Waals surface area contributed by atoms with Crippen LogP contribution in [0.3, 0.4) is 0 Å². The lowest BCUT2D eigenvalue weighted by Crippen LogP contribution is -2.47. The molecule has 2 unspecified atom stereocenters. The summed E-state index contributed by atoms with van der Waals surface area (Å²) in [6.07, 6.45) is 6.65. The molecule has 2 fully saturated rings. The SMILES string of the molecule is C/C1=C/C=C/C(C)[C@H](O)CC(O)[C@@H](C)[C@H](OC(=O)CC(=O)N2CCCN(C)CC2)CC/C=C/O[C@@]2(C)Oc3c(C)c(O)c4c(O)c(c5c(c4c3C2=O)NC2(CCN(CC(C)C)CC2)N=5)=NC1=O. The molecule has 0 aromatic heterocycles. The number of piperidine rings is 1.